The summed E-state index contributed by atoms with van der Waals surface area (Å²) in [6, 6.07) is 7.35. The first kappa shape index (κ1) is 14.8. The lowest BCUT2D eigenvalue weighted by molar-refractivity contribution is -0.122. The number of carbonyl (C=O) groups is 1. The summed E-state index contributed by atoms with van der Waals surface area (Å²) in [6.07, 6.45) is 0.568. The van der Waals surface area contributed by atoms with E-state index in [2.05, 4.69) is 5.32 Å². The third-order valence-corrected chi connectivity index (χ3v) is 4.41. The van der Waals surface area contributed by atoms with Crippen molar-refractivity contribution < 1.29 is 13.6 Å². The summed E-state index contributed by atoms with van der Waals surface area (Å²) in [5.41, 5.74) is 2.44. The number of halogens is 2. The van der Waals surface area contributed by atoms with E-state index in [9.17, 15) is 13.6 Å². The molecule has 0 aliphatic heterocycles. The van der Waals surface area contributed by atoms with Crippen molar-refractivity contribution in [2.45, 2.75) is 25.8 Å². The van der Waals surface area contributed by atoms with Crippen LogP contribution in [0.5, 0.6) is 0 Å². The van der Waals surface area contributed by atoms with Gasteiger partial charge in [0.2, 0.25) is 5.91 Å². The van der Waals surface area contributed by atoms with Crippen LogP contribution in [0.2, 0.25) is 0 Å². The van der Waals surface area contributed by atoms with Crippen LogP contribution in [-0.4, -0.2) is 10.5 Å². The van der Waals surface area contributed by atoms with E-state index in [1.165, 1.54) is 6.07 Å². The fraction of sp³-hybridized carbons (Fsp3) is 0.353. The van der Waals surface area contributed by atoms with Gasteiger partial charge in [-0.15, -0.1) is 0 Å². The molecule has 116 valence electrons. The predicted octanol–water partition coefficient (Wildman–Crippen LogP) is 3.03. The van der Waals surface area contributed by atoms with Crippen LogP contribution in [0.3, 0.4) is 0 Å². The lowest BCUT2D eigenvalue weighted by Gasteiger charge is -2.08. The third kappa shape index (κ3) is 2.75. The Morgan fingerprint density at radius 3 is 2.77 bits per heavy atom. The molecule has 2 aromatic rings. The van der Waals surface area contributed by atoms with Gasteiger partial charge in [-0.05, 0) is 55.2 Å². The molecular formula is C17H18F2N2O. The van der Waals surface area contributed by atoms with Crippen molar-refractivity contribution in [2.24, 2.45) is 13.0 Å². The minimum absolute atomic E-state index is 0.104. The first-order valence-corrected chi connectivity index (χ1v) is 7.31. The number of rotatable bonds is 4. The summed E-state index contributed by atoms with van der Waals surface area (Å²) < 4.78 is 28.9. The van der Waals surface area contributed by atoms with Crippen LogP contribution in [0, 0.1) is 24.5 Å². The Morgan fingerprint density at radius 2 is 2.09 bits per heavy atom. The molecule has 2 atom stereocenters. The van der Waals surface area contributed by atoms with Gasteiger partial charge in [-0.25, -0.2) is 8.78 Å². The van der Waals surface area contributed by atoms with Crippen LogP contribution in [0.1, 0.15) is 29.3 Å². The van der Waals surface area contributed by atoms with E-state index in [1.54, 1.807) is 0 Å². The smallest absolute Gasteiger partial charge is 0.224 e. The molecule has 1 aromatic carbocycles. The van der Waals surface area contributed by atoms with E-state index in [1.807, 2.05) is 30.7 Å². The zero-order valence-corrected chi connectivity index (χ0v) is 12.6. The van der Waals surface area contributed by atoms with Crippen molar-refractivity contribution in [3.8, 4) is 0 Å². The first-order valence-electron chi connectivity index (χ1n) is 7.31. The van der Waals surface area contributed by atoms with Gasteiger partial charge in [0.05, 0.1) is 6.54 Å². The fourth-order valence-corrected chi connectivity index (χ4v) is 2.78. The fourth-order valence-electron chi connectivity index (χ4n) is 2.78. The minimum Gasteiger partial charge on any atom is -0.350 e. The highest BCUT2D eigenvalue weighted by Gasteiger charge is 2.45. The molecule has 1 heterocycles. The quantitative estimate of drug-likeness (QED) is 0.925. The van der Waals surface area contributed by atoms with Gasteiger partial charge in [0.15, 0.2) is 0 Å². The molecule has 1 aliphatic rings. The average Bonchev–Trinajstić information content (AvgIpc) is 3.22. The van der Waals surface area contributed by atoms with Crippen LogP contribution < -0.4 is 5.32 Å². The standard InChI is InChI=1S/C17H18F2N2O/c1-10-3-5-12(21(10)2)9-20-17(22)15-8-13(15)14-7-11(18)4-6-16(14)19/h3-7,13,15H,8-9H2,1-2H3,(H,20,22)/t13-,15-/m1/s1. The zero-order chi connectivity index (χ0) is 15.9. The molecule has 3 rings (SSSR count). The lowest BCUT2D eigenvalue weighted by atomic mass is 10.1. The second-order valence-electron chi connectivity index (χ2n) is 5.86. The molecule has 1 aliphatic carbocycles. The van der Waals surface area contributed by atoms with E-state index >= 15 is 0 Å². The molecule has 0 bridgehead atoms. The SMILES string of the molecule is Cc1ccc(CNC(=O)[C@@H]2C[C@@H]2c2cc(F)ccc2F)n1C. The first-order chi connectivity index (χ1) is 10.5. The summed E-state index contributed by atoms with van der Waals surface area (Å²) in [7, 11) is 1.94. The molecule has 1 fully saturated rings. The number of hydrogen-bond donors (Lipinski definition) is 1. The average molecular weight is 304 g/mol. The van der Waals surface area contributed by atoms with Gasteiger partial charge >= 0.3 is 0 Å². The molecule has 0 radical (unpaired) electrons. The minimum atomic E-state index is -0.471. The zero-order valence-electron chi connectivity index (χ0n) is 12.6. The van der Waals surface area contributed by atoms with E-state index in [0.717, 1.165) is 23.5 Å². The molecule has 1 saturated carbocycles. The van der Waals surface area contributed by atoms with Gasteiger partial charge in [-0.1, -0.05) is 0 Å². The second kappa shape index (κ2) is 5.55. The van der Waals surface area contributed by atoms with E-state index in [0.29, 0.717) is 18.5 Å². The van der Waals surface area contributed by atoms with Gasteiger partial charge < -0.3 is 9.88 Å². The van der Waals surface area contributed by atoms with Crippen molar-refractivity contribution in [1.29, 1.82) is 0 Å². The van der Waals surface area contributed by atoms with Crippen LogP contribution in [0.15, 0.2) is 30.3 Å². The van der Waals surface area contributed by atoms with Crippen LogP contribution in [0.4, 0.5) is 8.78 Å². The van der Waals surface area contributed by atoms with Crippen molar-refractivity contribution in [3.05, 3.63) is 58.9 Å². The van der Waals surface area contributed by atoms with E-state index in [4.69, 9.17) is 0 Å². The molecule has 5 heteroatoms. The van der Waals surface area contributed by atoms with E-state index in [-0.39, 0.29) is 17.7 Å². The molecule has 3 nitrogen and oxygen atoms in total. The number of amides is 1. The summed E-state index contributed by atoms with van der Waals surface area (Å²) in [5.74, 6) is -1.50. The summed E-state index contributed by atoms with van der Waals surface area (Å²) >= 11 is 0. The van der Waals surface area contributed by atoms with Crippen LogP contribution in [0.25, 0.3) is 0 Å². The maximum Gasteiger partial charge on any atom is 0.224 e. The van der Waals surface area contributed by atoms with Gasteiger partial charge in [0.25, 0.3) is 0 Å². The molecular weight excluding hydrogens is 286 g/mol. The Balaban J connectivity index is 1.61. The predicted molar refractivity (Wildman–Crippen MR) is 79.2 cm³/mol. The number of hydrogen-bond acceptors (Lipinski definition) is 1. The van der Waals surface area contributed by atoms with Crippen molar-refractivity contribution in [1.82, 2.24) is 9.88 Å². The molecule has 1 N–H and O–H groups in total. The van der Waals surface area contributed by atoms with Crippen molar-refractivity contribution in [2.75, 3.05) is 0 Å². The highest BCUT2D eigenvalue weighted by molar-refractivity contribution is 5.82. The molecule has 1 amide bonds. The Bertz CT molecular complexity index is 723. The summed E-state index contributed by atoms with van der Waals surface area (Å²) in [5, 5.41) is 2.87. The number of aryl methyl sites for hydroxylation is 1. The van der Waals surface area contributed by atoms with E-state index < -0.39 is 11.6 Å². The maximum absolute atomic E-state index is 13.7. The Hall–Kier alpha value is -2.17. The van der Waals surface area contributed by atoms with Gasteiger partial charge in [0, 0.05) is 24.4 Å². The van der Waals surface area contributed by atoms with Gasteiger partial charge in [0.1, 0.15) is 11.6 Å². The second-order valence-corrected chi connectivity index (χ2v) is 5.86. The number of nitrogens with zero attached hydrogens (tertiary/aromatic N) is 1. The lowest BCUT2D eigenvalue weighted by Crippen LogP contribution is -2.26. The summed E-state index contributed by atoms with van der Waals surface area (Å²) in [6.45, 7) is 2.44. The highest BCUT2D eigenvalue weighted by atomic mass is 19.1. The number of aromatic nitrogens is 1. The molecule has 0 unspecified atom stereocenters. The highest BCUT2D eigenvalue weighted by Crippen LogP contribution is 2.48. The monoisotopic (exact) mass is 304 g/mol. The largest absolute Gasteiger partial charge is 0.350 e. The van der Waals surface area contributed by atoms with Crippen LogP contribution in [-0.2, 0) is 18.4 Å². The normalized spacial score (nSPS) is 20.0. The Kier molecular flexibility index (Phi) is 3.72. The third-order valence-electron chi connectivity index (χ3n) is 4.41. The molecule has 1 aromatic heterocycles. The number of nitrogens with one attached hydrogen (secondary N) is 1. The topological polar surface area (TPSA) is 34.0 Å². The van der Waals surface area contributed by atoms with Crippen LogP contribution >= 0.6 is 0 Å². The van der Waals surface area contributed by atoms with Gasteiger partial charge in [-0.3, -0.25) is 4.79 Å². The Labute approximate surface area is 127 Å². The number of carbonyl (C=O) groups excluding carboxylic acids is 1. The number of benzene rings is 1. The summed E-state index contributed by atoms with van der Waals surface area (Å²) in [4.78, 5) is 12.1. The molecule has 22 heavy (non-hydrogen) atoms. The molecule has 0 spiro atoms. The van der Waals surface area contributed by atoms with Crippen molar-refractivity contribution in [3.63, 3.8) is 0 Å². The van der Waals surface area contributed by atoms with Crippen molar-refractivity contribution >= 4 is 5.91 Å². The van der Waals surface area contributed by atoms with Gasteiger partial charge in [-0.2, -0.15) is 0 Å². The molecule has 0 saturated heterocycles. The Morgan fingerprint density at radius 1 is 1.32 bits per heavy atom. The maximum atomic E-state index is 13.7.